The Balaban J connectivity index is 2.26. The fraction of sp³-hybridized carbons (Fsp3) is 0.911. The Labute approximate surface area is 422 Å². The predicted molar refractivity (Wildman–Crippen MR) is 282 cm³/mol. The molecule has 1 aliphatic rings. The average Bonchev–Trinajstić information content (AvgIpc) is 3.32. The highest BCUT2D eigenvalue weighted by atomic mass is 32.3. The van der Waals surface area contributed by atoms with Gasteiger partial charge in [-0.15, -0.1) is 0 Å². The molecule has 1 rings (SSSR count). The van der Waals surface area contributed by atoms with E-state index in [0.29, 0.717) is 6.42 Å². The molecule has 12 nitrogen and oxygen atoms in total. The van der Waals surface area contributed by atoms with E-state index in [1.54, 1.807) is 6.08 Å². The van der Waals surface area contributed by atoms with Gasteiger partial charge in [0.1, 0.15) is 24.4 Å². The Hall–Kier alpha value is -1.42. The molecule has 0 aromatic rings. The molecule has 7 unspecified atom stereocenters. The highest BCUT2D eigenvalue weighted by molar-refractivity contribution is 7.80. The molecule has 0 aromatic heterocycles. The lowest BCUT2D eigenvalue weighted by Gasteiger charge is -2.41. The lowest BCUT2D eigenvalue weighted by molar-refractivity contribution is -0.298. The first kappa shape index (κ1) is 65.6. The fourth-order valence-corrected chi connectivity index (χ4v) is 9.78. The van der Waals surface area contributed by atoms with Crippen LogP contribution in [-0.4, -0.2) is 95.4 Å². The summed E-state index contributed by atoms with van der Waals surface area (Å²) in [6.45, 7) is 3.40. The molecular weight excluding hydrogens is 895 g/mol. The number of carbonyl (C=O) groups is 1. The van der Waals surface area contributed by atoms with Crippen molar-refractivity contribution in [3.8, 4) is 0 Å². The van der Waals surface area contributed by atoms with Crippen molar-refractivity contribution in [3.05, 3.63) is 24.3 Å². The van der Waals surface area contributed by atoms with Gasteiger partial charge in [0.25, 0.3) is 0 Å². The number of carbonyl (C=O) groups excluding carboxylic acids is 1. The van der Waals surface area contributed by atoms with Gasteiger partial charge in [-0.2, -0.15) is 8.42 Å². The van der Waals surface area contributed by atoms with Crippen LogP contribution in [0.25, 0.3) is 0 Å². The molecule has 1 saturated heterocycles. The van der Waals surface area contributed by atoms with Crippen LogP contribution in [-0.2, 0) is 28.9 Å². The molecule has 0 saturated carbocycles. The summed E-state index contributed by atoms with van der Waals surface area (Å²) in [4.78, 5) is 13.1. The molecule has 7 atom stereocenters. The zero-order chi connectivity index (χ0) is 50.5. The van der Waals surface area contributed by atoms with Crippen molar-refractivity contribution in [1.29, 1.82) is 0 Å². The van der Waals surface area contributed by atoms with Crippen LogP contribution in [0.3, 0.4) is 0 Å². The summed E-state index contributed by atoms with van der Waals surface area (Å²) in [5, 5.41) is 44.8. The van der Waals surface area contributed by atoms with E-state index in [0.717, 1.165) is 38.5 Å². The van der Waals surface area contributed by atoms with Crippen LogP contribution in [0.2, 0.25) is 0 Å². The maximum absolute atomic E-state index is 13.1. The van der Waals surface area contributed by atoms with Crippen LogP contribution in [0.1, 0.15) is 271 Å². The summed E-state index contributed by atoms with van der Waals surface area (Å²) in [6.07, 6.45) is 48.2. The number of hydrogen-bond donors (Lipinski definition) is 6. The lowest BCUT2D eigenvalue weighted by atomic mass is 9.99. The number of allylic oxidation sites excluding steroid dienone is 3. The molecule has 0 bridgehead atoms. The average molecular weight is 1000 g/mol. The molecule has 0 aromatic carbocycles. The highest BCUT2D eigenvalue weighted by Gasteiger charge is 2.48. The first-order valence-electron chi connectivity index (χ1n) is 28.7. The van der Waals surface area contributed by atoms with E-state index in [-0.39, 0.29) is 18.9 Å². The van der Waals surface area contributed by atoms with E-state index in [1.165, 1.54) is 205 Å². The summed E-state index contributed by atoms with van der Waals surface area (Å²) in [6, 6.07) is -0.941. The van der Waals surface area contributed by atoms with Crippen LogP contribution < -0.4 is 5.32 Å². The van der Waals surface area contributed by atoms with Gasteiger partial charge in [-0.25, -0.2) is 4.18 Å². The maximum Gasteiger partial charge on any atom is 0.397 e. The van der Waals surface area contributed by atoms with E-state index in [4.69, 9.17) is 9.47 Å². The van der Waals surface area contributed by atoms with Gasteiger partial charge in [-0.3, -0.25) is 9.35 Å². The van der Waals surface area contributed by atoms with E-state index >= 15 is 0 Å². The van der Waals surface area contributed by atoms with Crippen molar-refractivity contribution in [2.45, 2.75) is 314 Å². The van der Waals surface area contributed by atoms with E-state index in [1.807, 2.05) is 6.08 Å². The largest absolute Gasteiger partial charge is 0.397 e. The third-order valence-corrected chi connectivity index (χ3v) is 14.2. The number of aliphatic hydroxyl groups excluding tert-OH is 4. The molecule has 0 spiro atoms. The van der Waals surface area contributed by atoms with Gasteiger partial charge in [0.15, 0.2) is 6.29 Å². The zero-order valence-electron chi connectivity index (χ0n) is 44.1. The number of hydrogen-bond acceptors (Lipinski definition) is 10. The number of amides is 1. The van der Waals surface area contributed by atoms with E-state index < -0.39 is 59.9 Å². The van der Waals surface area contributed by atoms with Gasteiger partial charge in [0.05, 0.1) is 25.4 Å². The molecule has 1 aliphatic heterocycles. The van der Waals surface area contributed by atoms with Crippen LogP contribution in [0.5, 0.6) is 0 Å². The number of nitrogens with one attached hydrogen (secondary N) is 1. The van der Waals surface area contributed by atoms with Crippen molar-refractivity contribution >= 4 is 16.3 Å². The molecule has 408 valence electrons. The number of ether oxygens (including phenoxy) is 2. The molecular formula is C56H107NO11S. The van der Waals surface area contributed by atoms with Gasteiger partial charge >= 0.3 is 10.4 Å². The maximum atomic E-state index is 13.1. The molecule has 1 heterocycles. The molecule has 69 heavy (non-hydrogen) atoms. The minimum atomic E-state index is -5.09. The van der Waals surface area contributed by atoms with Gasteiger partial charge < -0.3 is 35.2 Å². The number of rotatable bonds is 50. The van der Waals surface area contributed by atoms with Crippen molar-refractivity contribution in [2.75, 3.05) is 13.2 Å². The Kier molecular flexibility index (Phi) is 44.1. The zero-order valence-corrected chi connectivity index (χ0v) is 45.0. The topological polar surface area (TPSA) is 192 Å². The second-order valence-electron chi connectivity index (χ2n) is 20.2. The van der Waals surface area contributed by atoms with Crippen LogP contribution in [0.4, 0.5) is 0 Å². The Morgan fingerprint density at radius 2 is 0.928 bits per heavy atom. The number of aliphatic hydroxyl groups is 4. The minimum Gasteiger partial charge on any atom is -0.394 e. The normalized spacial score (nSPS) is 19.8. The minimum absolute atomic E-state index is 0.260. The van der Waals surface area contributed by atoms with Crippen LogP contribution >= 0.6 is 0 Å². The second-order valence-corrected chi connectivity index (χ2v) is 21.3. The van der Waals surface area contributed by atoms with Gasteiger partial charge in [-0.05, 0) is 44.9 Å². The van der Waals surface area contributed by atoms with Gasteiger partial charge in [-0.1, -0.05) is 244 Å². The summed E-state index contributed by atoms with van der Waals surface area (Å²) in [5.41, 5.74) is 0. The first-order valence-corrected chi connectivity index (χ1v) is 30.1. The quantitative estimate of drug-likeness (QED) is 0.0193. The third-order valence-electron chi connectivity index (χ3n) is 13.7. The molecule has 0 aliphatic carbocycles. The first-order chi connectivity index (χ1) is 33.5. The summed E-state index contributed by atoms with van der Waals surface area (Å²) in [7, 11) is -5.09. The predicted octanol–water partition coefficient (Wildman–Crippen LogP) is 13.2. The van der Waals surface area contributed by atoms with Gasteiger partial charge in [0, 0.05) is 6.42 Å². The summed E-state index contributed by atoms with van der Waals surface area (Å²) < 4.78 is 47.7. The standard InChI is InChI=1S/C56H107NO11S/c1-3-5-7-9-11-13-15-17-18-19-20-21-22-23-24-25-26-27-28-29-30-31-32-33-34-36-38-40-42-44-46-52(60)57-49(50(59)45-43-41-39-37-35-16-14-12-10-8-6-4-2)48-66-56-54(62)55(68-69(63,64)65)53(61)51(47-58)67-56/h23-24,43,45,49-51,53-56,58-59,61-62H,3-22,25-42,44,46-48H2,1-2H3,(H,57,60)(H,63,64,65)/b24-23-,45-43+. The third kappa shape index (κ3) is 38.8. The van der Waals surface area contributed by atoms with Crippen LogP contribution in [0.15, 0.2) is 24.3 Å². The fourth-order valence-electron chi connectivity index (χ4n) is 9.28. The van der Waals surface area contributed by atoms with E-state index in [2.05, 4.69) is 35.5 Å². The van der Waals surface area contributed by atoms with Crippen molar-refractivity contribution < 1.29 is 51.8 Å². The molecule has 1 amide bonds. The summed E-state index contributed by atoms with van der Waals surface area (Å²) in [5.74, 6) is -0.260. The molecule has 0 radical (unpaired) electrons. The second kappa shape index (κ2) is 46.4. The van der Waals surface area contributed by atoms with Crippen molar-refractivity contribution in [2.24, 2.45) is 0 Å². The smallest absolute Gasteiger partial charge is 0.394 e. The molecule has 1 fully saturated rings. The SMILES string of the molecule is CCCCCCCCCCCC/C=C/C(O)C(COC1OC(CO)C(O)C(OS(=O)(=O)O)C1O)NC(=O)CCCCCCCCCCCCCCCC/C=C\CCCCCCCCCCCCCC. The van der Waals surface area contributed by atoms with E-state index in [9.17, 15) is 38.2 Å². The molecule has 6 N–H and O–H groups in total. The number of unbranched alkanes of at least 4 members (excludes halogenated alkanes) is 36. The van der Waals surface area contributed by atoms with Gasteiger partial charge in [0.2, 0.25) is 5.91 Å². The van der Waals surface area contributed by atoms with Crippen molar-refractivity contribution in [1.82, 2.24) is 5.32 Å². The summed E-state index contributed by atoms with van der Waals surface area (Å²) >= 11 is 0. The molecule has 13 heteroatoms. The highest BCUT2D eigenvalue weighted by Crippen LogP contribution is 2.26. The van der Waals surface area contributed by atoms with Crippen molar-refractivity contribution in [3.63, 3.8) is 0 Å². The monoisotopic (exact) mass is 1000 g/mol. The Morgan fingerprint density at radius 1 is 0.565 bits per heavy atom. The Morgan fingerprint density at radius 3 is 1.30 bits per heavy atom. The lowest BCUT2D eigenvalue weighted by Crippen LogP contribution is -2.61. The van der Waals surface area contributed by atoms with Crippen LogP contribution in [0, 0.1) is 0 Å². The Bertz CT molecular complexity index is 1320.